The second-order valence-electron chi connectivity index (χ2n) is 6.62. The van der Waals surface area contributed by atoms with Crippen molar-refractivity contribution < 1.29 is 25.8 Å². The number of alkyl halides is 3. The van der Waals surface area contributed by atoms with E-state index in [2.05, 4.69) is 0 Å². The molecular formula is C16H21F3O3S2. The predicted octanol–water partition coefficient (Wildman–Crippen LogP) is 4.72. The van der Waals surface area contributed by atoms with E-state index >= 15 is 0 Å². The minimum Gasteiger partial charge on any atom is -0.270 e. The summed E-state index contributed by atoms with van der Waals surface area (Å²) in [6, 6.07) is 5.38. The van der Waals surface area contributed by atoms with Gasteiger partial charge in [-0.2, -0.15) is 21.6 Å². The summed E-state index contributed by atoms with van der Waals surface area (Å²) < 4.78 is 65.4. The third-order valence-corrected chi connectivity index (χ3v) is 6.10. The van der Waals surface area contributed by atoms with Gasteiger partial charge in [0.15, 0.2) is 0 Å². The summed E-state index contributed by atoms with van der Waals surface area (Å²) in [4.78, 5) is 0.616. The fourth-order valence-electron chi connectivity index (χ4n) is 2.74. The van der Waals surface area contributed by atoms with Crippen LogP contribution in [0.3, 0.4) is 0 Å². The third kappa shape index (κ3) is 5.97. The van der Waals surface area contributed by atoms with Crippen LogP contribution in [0.4, 0.5) is 13.2 Å². The van der Waals surface area contributed by atoms with Crippen molar-refractivity contribution in [2.75, 3.05) is 12.9 Å². The molecule has 0 radical (unpaired) electrons. The van der Waals surface area contributed by atoms with Crippen molar-refractivity contribution in [2.45, 2.75) is 48.9 Å². The van der Waals surface area contributed by atoms with Gasteiger partial charge in [-0.1, -0.05) is 13.0 Å². The summed E-state index contributed by atoms with van der Waals surface area (Å²) in [6.45, 7) is 2.15. The molecular weight excluding hydrogens is 361 g/mol. The molecule has 0 atom stereocenters. The van der Waals surface area contributed by atoms with Gasteiger partial charge < -0.3 is 0 Å². The van der Waals surface area contributed by atoms with Gasteiger partial charge in [0.25, 0.3) is 10.1 Å². The summed E-state index contributed by atoms with van der Waals surface area (Å²) in [5, 5.41) is 0.236. The maximum absolute atomic E-state index is 12.8. The van der Waals surface area contributed by atoms with Gasteiger partial charge in [0.1, 0.15) is 0 Å². The fraction of sp³-hybridized carbons (Fsp3) is 0.625. The molecule has 0 saturated heterocycles. The van der Waals surface area contributed by atoms with E-state index in [9.17, 15) is 21.6 Å². The lowest BCUT2D eigenvalue weighted by molar-refractivity contribution is -0.137. The number of hydrogen-bond acceptors (Lipinski definition) is 4. The van der Waals surface area contributed by atoms with Crippen LogP contribution < -0.4 is 0 Å². The topological polar surface area (TPSA) is 43.4 Å². The van der Waals surface area contributed by atoms with Crippen molar-refractivity contribution in [3.63, 3.8) is 0 Å². The zero-order chi connectivity index (χ0) is 18.0. The Bertz CT molecular complexity index is 663. The Morgan fingerprint density at radius 2 is 1.92 bits per heavy atom. The molecule has 0 heterocycles. The average molecular weight is 382 g/mol. The highest BCUT2D eigenvalue weighted by atomic mass is 32.2. The van der Waals surface area contributed by atoms with Crippen LogP contribution in [0.2, 0.25) is 0 Å². The first-order valence-electron chi connectivity index (χ1n) is 7.65. The Kier molecular flexibility index (Phi) is 5.92. The lowest BCUT2D eigenvalue weighted by Crippen LogP contribution is -2.31. The molecule has 1 fully saturated rings. The highest BCUT2D eigenvalue weighted by molar-refractivity contribution is 8.00. The van der Waals surface area contributed by atoms with Crippen LogP contribution in [0.1, 0.15) is 38.2 Å². The Morgan fingerprint density at radius 1 is 1.29 bits per heavy atom. The van der Waals surface area contributed by atoms with Crippen molar-refractivity contribution in [1.29, 1.82) is 0 Å². The minimum absolute atomic E-state index is 0.160. The molecule has 0 aromatic heterocycles. The molecule has 136 valence electrons. The van der Waals surface area contributed by atoms with Crippen molar-refractivity contribution in [3.8, 4) is 0 Å². The number of thioether (sulfide) groups is 1. The van der Waals surface area contributed by atoms with E-state index in [0.29, 0.717) is 4.90 Å². The van der Waals surface area contributed by atoms with E-state index in [-0.39, 0.29) is 17.3 Å². The Morgan fingerprint density at radius 3 is 2.46 bits per heavy atom. The second kappa shape index (κ2) is 7.25. The Balaban J connectivity index is 1.91. The Labute approximate surface area is 145 Å². The summed E-state index contributed by atoms with van der Waals surface area (Å²) in [5.41, 5.74) is -0.830. The van der Waals surface area contributed by atoms with Gasteiger partial charge in [-0.05, 0) is 49.3 Å². The highest BCUT2D eigenvalue weighted by Gasteiger charge is 2.34. The average Bonchev–Trinajstić information content (AvgIpc) is 2.47. The molecule has 1 aromatic rings. The fourth-order valence-corrected chi connectivity index (χ4v) is 4.44. The van der Waals surface area contributed by atoms with Gasteiger partial charge in [-0.15, -0.1) is 11.8 Å². The van der Waals surface area contributed by atoms with Crippen LogP contribution in [0.5, 0.6) is 0 Å². The summed E-state index contributed by atoms with van der Waals surface area (Å²) in [5.74, 6) is 0. The number of benzene rings is 1. The molecule has 1 aromatic carbocycles. The van der Waals surface area contributed by atoms with Gasteiger partial charge in [0.2, 0.25) is 0 Å². The summed E-state index contributed by atoms with van der Waals surface area (Å²) >= 11 is 1.46. The van der Waals surface area contributed by atoms with Crippen molar-refractivity contribution in [1.82, 2.24) is 0 Å². The number of halogens is 3. The zero-order valence-electron chi connectivity index (χ0n) is 13.6. The molecule has 1 aliphatic carbocycles. The molecule has 0 unspecified atom stereocenters. The summed E-state index contributed by atoms with van der Waals surface area (Å²) in [6.07, 6.45) is -0.0659. The van der Waals surface area contributed by atoms with E-state index < -0.39 is 21.9 Å². The molecule has 1 saturated carbocycles. The van der Waals surface area contributed by atoms with E-state index in [1.165, 1.54) is 23.9 Å². The van der Waals surface area contributed by atoms with Crippen LogP contribution in [0, 0.1) is 5.41 Å². The molecule has 0 aliphatic heterocycles. The molecule has 8 heteroatoms. The van der Waals surface area contributed by atoms with Gasteiger partial charge in [-0.25, -0.2) is 0 Å². The van der Waals surface area contributed by atoms with Gasteiger partial charge >= 0.3 is 6.18 Å². The molecule has 3 nitrogen and oxygen atoms in total. The quantitative estimate of drug-likeness (QED) is 0.691. The van der Waals surface area contributed by atoms with E-state index in [4.69, 9.17) is 4.18 Å². The SMILES string of the molecule is CC1(COS(C)(=O)=O)CCC(Sc2cccc(C(F)(F)F)c2)CC1. The zero-order valence-corrected chi connectivity index (χ0v) is 15.2. The smallest absolute Gasteiger partial charge is 0.270 e. The molecule has 0 N–H and O–H groups in total. The molecule has 0 amide bonds. The highest BCUT2D eigenvalue weighted by Crippen LogP contribution is 2.43. The van der Waals surface area contributed by atoms with Crippen LogP contribution in [-0.2, 0) is 20.5 Å². The lowest BCUT2D eigenvalue weighted by atomic mass is 9.76. The third-order valence-electron chi connectivity index (χ3n) is 4.23. The molecule has 0 bridgehead atoms. The second-order valence-corrected chi connectivity index (χ2v) is 9.64. The van der Waals surface area contributed by atoms with E-state index in [1.807, 2.05) is 6.92 Å². The maximum Gasteiger partial charge on any atom is 0.416 e. The van der Waals surface area contributed by atoms with Crippen molar-refractivity contribution in [2.24, 2.45) is 5.41 Å². The monoisotopic (exact) mass is 382 g/mol. The molecule has 2 rings (SSSR count). The maximum atomic E-state index is 12.8. The summed E-state index contributed by atoms with van der Waals surface area (Å²) in [7, 11) is -3.45. The Hall–Kier alpha value is -0.730. The van der Waals surface area contributed by atoms with E-state index in [0.717, 1.165) is 38.0 Å². The van der Waals surface area contributed by atoms with Crippen LogP contribution in [0.15, 0.2) is 29.2 Å². The van der Waals surface area contributed by atoms with Crippen molar-refractivity contribution in [3.05, 3.63) is 29.8 Å². The van der Waals surface area contributed by atoms with Gasteiger partial charge in [-0.3, -0.25) is 4.18 Å². The lowest BCUT2D eigenvalue weighted by Gasteiger charge is -2.36. The first kappa shape index (κ1) is 19.6. The van der Waals surface area contributed by atoms with Crippen molar-refractivity contribution >= 4 is 21.9 Å². The number of rotatable bonds is 5. The van der Waals surface area contributed by atoms with E-state index in [1.54, 1.807) is 6.07 Å². The molecule has 24 heavy (non-hydrogen) atoms. The predicted molar refractivity (Wildman–Crippen MR) is 88.5 cm³/mol. The van der Waals surface area contributed by atoms with Crippen LogP contribution in [-0.4, -0.2) is 26.5 Å². The standard InChI is InChI=1S/C16H21F3O3S2/c1-15(11-22-24(2,20)21)8-6-13(7-9-15)23-14-5-3-4-12(10-14)16(17,18)19/h3-5,10,13H,6-9,11H2,1-2H3. The first-order valence-corrected chi connectivity index (χ1v) is 10.3. The molecule has 1 aliphatic rings. The first-order chi connectivity index (χ1) is 11.0. The normalized spacial score (nSPS) is 25.6. The van der Waals surface area contributed by atoms with Crippen LogP contribution in [0.25, 0.3) is 0 Å². The largest absolute Gasteiger partial charge is 0.416 e. The molecule has 0 spiro atoms. The van der Waals surface area contributed by atoms with Crippen LogP contribution >= 0.6 is 11.8 Å². The van der Waals surface area contributed by atoms with Gasteiger partial charge in [0.05, 0.1) is 18.4 Å². The van der Waals surface area contributed by atoms with Gasteiger partial charge in [0, 0.05) is 10.1 Å². The number of hydrogen-bond donors (Lipinski definition) is 0. The minimum atomic E-state index is -4.33.